The van der Waals surface area contributed by atoms with Gasteiger partial charge in [-0.2, -0.15) is 0 Å². The Kier molecular flexibility index (Phi) is 4.43. The summed E-state index contributed by atoms with van der Waals surface area (Å²) < 4.78 is 0. The van der Waals surface area contributed by atoms with Crippen LogP contribution in [0.4, 0.5) is 0 Å². The summed E-state index contributed by atoms with van der Waals surface area (Å²) in [6, 6.07) is 9.63. The highest BCUT2D eigenvalue weighted by atomic mass is 16.4. The van der Waals surface area contributed by atoms with E-state index >= 15 is 0 Å². The lowest BCUT2D eigenvalue weighted by molar-refractivity contribution is -0.141. The monoisotopic (exact) mass is 202 g/mol. The molecule has 0 aromatic heterocycles. The predicted molar refractivity (Wildman–Crippen MR) is 59.3 cm³/mol. The zero-order valence-electron chi connectivity index (χ0n) is 8.73. The fourth-order valence-electron chi connectivity index (χ4n) is 1.37. The number of carboxylic acid groups (broad SMARTS) is 1. The standard InChI is InChI=1S/C13H14O2/c1-2-3-9-12(13(14)15)10-11-7-5-4-6-8-11/h4-8,12H,9-10H2,1H3,(H,14,15). The van der Waals surface area contributed by atoms with E-state index in [0.717, 1.165) is 5.56 Å². The molecule has 0 spiro atoms. The molecular weight excluding hydrogens is 188 g/mol. The van der Waals surface area contributed by atoms with Gasteiger partial charge in [0.2, 0.25) is 0 Å². The molecule has 15 heavy (non-hydrogen) atoms. The van der Waals surface area contributed by atoms with E-state index in [2.05, 4.69) is 11.8 Å². The number of hydrogen-bond donors (Lipinski definition) is 1. The first-order valence-electron chi connectivity index (χ1n) is 4.90. The molecule has 1 rings (SSSR count). The van der Waals surface area contributed by atoms with Crippen molar-refractivity contribution < 1.29 is 9.90 Å². The summed E-state index contributed by atoms with van der Waals surface area (Å²) in [6.45, 7) is 1.72. The number of carbonyl (C=O) groups is 1. The van der Waals surface area contributed by atoms with Crippen LogP contribution in [0.3, 0.4) is 0 Å². The van der Waals surface area contributed by atoms with Crippen LogP contribution in [0.5, 0.6) is 0 Å². The van der Waals surface area contributed by atoms with E-state index in [1.165, 1.54) is 0 Å². The molecule has 1 aromatic carbocycles. The second-order valence-corrected chi connectivity index (χ2v) is 3.36. The van der Waals surface area contributed by atoms with Crippen LogP contribution in [-0.4, -0.2) is 11.1 Å². The van der Waals surface area contributed by atoms with Crippen molar-refractivity contribution in [3.8, 4) is 11.8 Å². The second-order valence-electron chi connectivity index (χ2n) is 3.36. The van der Waals surface area contributed by atoms with Crippen LogP contribution in [0.15, 0.2) is 30.3 Å². The summed E-state index contributed by atoms with van der Waals surface area (Å²) in [7, 11) is 0. The first kappa shape index (κ1) is 11.3. The fourth-order valence-corrected chi connectivity index (χ4v) is 1.37. The molecule has 1 N–H and O–H groups in total. The van der Waals surface area contributed by atoms with Crippen LogP contribution in [0.1, 0.15) is 18.9 Å². The number of carboxylic acids is 1. The van der Waals surface area contributed by atoms with E-state index in [4.69, 9.17) is 5.11 Å². The summed E-state index contributed by atoms with van der Waals surface area (Å²) in [4.78, 5) is 10.9. The Balaban J connectivity index is 2.65. The SMILES string of the molecule is CC#CCC(Cc1ccccc1)C(=O)O. The zero-order valence-corrected chi connectivity index (χ0v) is 8.73. The number of aliphatic carboxylic acids is 1. The molecule has 0 amide bonds. The minimum Gasteiger partial charge on any atom is -0.481 e. The molecule has 0 saturated carbocycles. The van der Waals surface area contributed by atoms with Gasteiger partial charge in [0.25, 0.3) is 0 Å². The number of benzene rings is 1. The molecule has 1 aromatic rings. The molecule has 0 aliphatic carbocycles. The normalized spacial score (nSPS) is 11.3. The molecule has 0 saturated heterocycles. The molecular formula is C13H14O2. The first-order chi connectivity index (χ1) is 7.24. The predicted octanol–water partition coefficient (Wildman–Crippen LogP) is 2.34. The van der Waals surface area contributed by atoms with Crippen LogP contribution >= 0.6 is 0 Å². The Hall–Kier alpha value is -1.75. The van der Waals surface area contributed by atoms with Crippen LogP contribution in [0.25, 0.3) is 0 Å². The van der Waals surface area contributed by atoms with Crippen molar-refractivity contribution in [3.05, 3.63) is 35.9 Å². The Labute approximate surface area is 89.9 Å². The summed E-state index contributed by atoms with van der Waals surface area (Å²) >= 11 is 0. The molecule has 1 atom stereocenters. The molecule has 2 heteroatoms. The van der Waals surface area contributed by atoms with Gasteiger partial charge >= 0.3 is 5.97 Å². The Morgan fingerprint density at radius 1 is 1.40 bits per heavy atom. The fraction of sp³-hybridized carbons (Fsp3) is 0.308. The molecule has 0 fully saturated rings. The third-order valence-electron chi connectivity index (χ3n) is 2.20. The summed E-state index contributed by atoms with van der Waals surface area (Å²) in [6.07, 6.45) is 0.964. The second kappa shape index (κ2) is 5.87. The first-order valence-corrected chi connectivity index (χ1v) is 4.90. The Morgan fingerprint density at radius 3 is 2.60 bits per heavy atom. The minimum absolute atomic E-state index is 0.403. The van der Waals surface area contributed by atoms with Crippen LogP contribution in [0.2, 0.25) is 0 Å². The van der Waals surface area contributed by atoms with Gasteiger partial charge in [0.1, 0.15) is 0 Å². The van der Waals surface area contributed by atoms with Gasteiger partial charge in [-0.3, -0.25) is 4.79 Å². The largest absolute Gasteiger partial charge is 0.481 e. The molecule has 0 aliphatic heterocycles. The van der Waals surface area contributed by atoms with E-state index < -0.39 is 11.9 Å². The lowest BCUT2D eigenvalue weighted by atomic mass is 9.97. The lowest BCUT2D eigenvalue weighted by Gasteiger charge is -2.08. The minimum atomic E-state index is -0.776. The maximum atomic E-state index is 10.9. The van der Waals surface area contributed by atoms with Gasteiger partial charge in [-0.25, -0.2) is 0 Å². The highest BCUT2D eigenvalue weighted by molar-refractivity contribution is 5.70. The molecule has 78 valence electrons. The summed E-state index contributed by atoms with van der Waals surface area (Å²) in [5.74, 6) is 4.37. The van der Waals surface area contributed by atoms with Gasteiger partial charge in [0.05, 0.1) is 5.92 Å². The van der Waals surface area contributed by atoms with Gasteiger partial charge in [-0.05, 0) is 18.9 Å². The van der Waals surface area contributed by atoms with Crippen molar-refractivity contribution in [2.45, 2.75) is 19.8 Å². The number of rotatable bonds is 4. The van der Waals surface area contributed by atoms with E-state index in [1.54, 1.807) is 6.92 Å². The van der Waals surface area contributed by atoms with Crippen molar-refractivity contribution in [2.75, 3.05) is 0 Å². The van der Waals surface area contributed by atoms with Crippen LogP contribution in [-0.2, 0) is 11.2 Å². The summed E-state index contributed by atoms with van der Waals surface area (Å²) in [5, 5.41) is 8.99. The van der Waals surface area contributed by atoms with Crippen molar-refractivity contribution in [1.82, 2.24) is 0 Å². The van der Waals surface area contributed by atoms with Gasteiger partial charge in [0.15, 0.2) is 0 Å². The van der Waals surface area contributed by atoms with Gasteiger partial charge in [0, 0.05) is 6.42 Å². The van der Waals surface area contributed by atoms with Crippen LogP contribution in [0, 0.1) is 17.8 Å². The summed E-state index contributed by atoms with van der Waals surface area (Å²) in [5.41, 5.74) is 1.04. The van der Waals surface area contributed by atoms with Gasteiger partial charge in [-0.15, -0.1) is 11.8 Å². The Bertz CT molecular complexity index is 371. The lowest BCUT2D eigenvalue weighted by Crippen LogP contribution is -2.15. The highest BCUT2D eigenvalue weighted by Crippen LogP contribution is 2.12. The maximum absolute atomic E-state index is 10.9. The van der Waals surface area contributed by atoms with Crippen molar-refractivity contribution in [1.29, 1.82) is 0 Å². The van der Waals surface area contributed by atoms with Crippen molar-refractivity contribution in [2.24, 2.45) is 5.92 Å². The molecule has 0 heterocycles. The third kappa shape index (κ3) is 3.86. The van der Waals surface area contributed by atoms with E-state index in [-0.39, 0.29) is 0 Å². The van der Waals surface area contributed by atoms with Crippen molar-refractivity contribution >= 4 is 5.97 Å². The van der Waals surface area contributed by atoms with Gasteiger partial charge < -0.3 is 5.11 Å². The van der Waals surface area contributed by atoms with Gasteiger partial charge in [-0.1, -0.05) is 30.3 Å². The van der Waals surface area contributed by atoms with E-state index in [1.807, 2.05) is 30.3 Å². The molecule has 0 bridgehead atoms. The average molecular weight is 202 g/mol. The average Bonchev–Trinajstić information content (AvgIpc) is 2.25. The Morgan fingerprint density at radius 2 is 2.07 bits per heavy atom. The topological polar surface area (TPSA) is 37.3 Å². The highest BCUT2D eigenvalue weighted by Gasteiger charge is 2.16. The van der Waals surface area contributed by atoms with Crippen LogP contribution < -0.4 is 0 Å². The van der Waals surface area contributed by atoms with E-state index in [0.29, 0.717) is 12.8 Å². The van der Waals surface area contributed by atoms with Crippen molar-refractivity contribution in [3.63, 3.8) is 0 Å². The third-order valence-corrected chi connectivity index (χ3v) is 2.20. The molecule has 0 radical (unpaired) electrons. The zero-order chi connectivity index (χ0) is 11.1. The maximum Gasteiger partial charge on any atom is 0.307 e. The quantitative estimate of drug-likeness (QED) is 0.761. The molecule has 0 aliphatic rings. The van der Waals surface area contributed by atoms with E-state index in [9.17, 15) is 4.79 Å². The molecule has 2 nitrogen and oxygen atoms in total. The molecule has 1 unspecified atom stereocenters. The smallest absolute Gasteiger partial charge is 0.307 e. The number of hydrogen-bond acceptors (Lipinski definition) is 1.